The van der Waals surface area contributed by atoms with Crippen LogP contribution in [0.2, 0.25) is 0 Å². The standard InChI is InChI=1S/C18H25N3O2/c1-13-7-5-8-14(19-13)17(23)21-12-4-3-11-18(2)15(21)9-6-10-16(22)20-18/h5,7-8,15H,3-4,6,9-12H2,1-2H3,(H,20,22)/t15-,18-/m0/s1. The number of carbonyl (C=O) groups is 2. The van der Waals surface area contributed by atoms with E-state index in [0.29, 0.717) is 12.1 Å². The Morgan fingerprint density at radius 2 is 2.17 bits per heavy atom. The molecule has 0 bridgehead atoms. The molecule has 0 aliphatic carbocycles. The van der Waals surface area contributed by atoms with Gasteiger partial charge in [-0.15, -0.1) is 0 Å². The summed E-state index contributed by atoms with van der Waals surface area (Å²) in [5.74, 6) is 0.0981. The van der Waals surface area contributed by atoms with Gasteiger partial charge in [0.25, 0.3) is 5.91 Å². The second kappa shape index (κ2) is 6.30. The first-order valence-corrected chi connectivity index (χ1v) is 8.55. The minimum absolute atomic E-state index is 0.0111. The summed E-state index contributed by atoms with van der Waals surface area (Å²) in [7, 11) is 0. The van der Waals surface area contributed by atoms with Gasteiger partial charge in [0.05, 0.1) is 11.6 Å². The lowest BCUT2D eigenvalue weighted by molar-refractivity contribution is -0.122. The molecule has 3 heterocycles. The van der Waals surface area contributed by atoms with Gasteiger partial charge in [-0.3, -0.25) is 9.59 Å². The number of aryl methyl sites for hydroxylation is 1. The Bertz CT molecular complexity index is 616. The Morgan fingerprint density at radius 3 is 2.96 bits per heavy atom. The van der Waals surface area contributed by atoms with Crippen LogP contribution in [0.4, 0.5) is 0 Å². The lowest BCUT2D eigenvalue weighted by Gasteiger charge is -2.41. The number of hydrogen-bond acceptors (Lipinski definition) is 3. The summed E-state index contributed by atoms with van der Waals surface area (Å²) in [6.07, 6.45) is 5.17. The molecular formula is C18H25N3O2. The second-order valence-electron chi connectivity index (χ2n) is 6.99. The van der Waals surface area contributed by atoms with Crippen molar-refractivity contribution >= 4 is 11.8 Å². The molecule has 3 rings (SSSR count). The largest absolute Gasteiger partial charge is 0.349 e. The summed E-state index contributed by atoms with van der Waals surface area (Å²) in [6.45, 7) is 4.73. The molecule has 2 aliphatic heterocycles. The van der Waals surface area contributed by atoms with Crippen molar-refractivity contribution in [2.45, 2.75) is 64.0 Å². The first-order valence-electron chi connectivity index (χ1n) is 8.55. The van der Waals surface area contributed by atoms with E-state index in [2.05, 4.69) is 17.2 Å². The Hall–Kier alpha value is -1.91. The number of amides is 2. The van der Waals surface area contributed by atoms with Crippen LogP contribution >= 0.6 is 0 Å². The lowest BCUT2D eigenvalue weighted by atomic mass is 9.85. The van der Waals surface area contributed by atoms with Gasteiger partial charge in [-0.25, -0.2) is 4.98 Å². The van der Waals surface area contributed by atoms with Crippen molar-refractivity contribution in [3.63, 3.8) is 0 Å². The molecule has 0 aromatic carbocycles. The zero-order valence-corrected chi connectivity index (χ0v) is 14.0. The predicted octanol–water partition coefficient (Wildman–Crippen LogP) is 2.44. The van der Waals surface area contributed by atoms with Crippen LogP contribution in [0, 0.1) is 6.92 Å². The molecule has 5 nitrogen and oxygen atoms in total. The van der Waals surface area contributed by atoms with E-state index < -0.39 is 0 Å². The third-order valence-electron chi connectivity index (χ3n) is 5.13. The first-order chi connectivity index (χ1) is 11.0. The number of fused-ring (bicyclic) bond motifs is 1. The normalized spacial score (nSPS) is 28.3. The van der Waals surface area contributed by atoms with Gasteiger partial charge in [0.2, 0.25) is 5.91 Å². The lowest BCUT2D eigenvalue weighted by Crippen LogP contribution is -2.59. The van der Waals surface area contributed by atoms with Gasteiger partial charge < -0.3 is 10.2 Å². The Labute approximate surface area is 137 Å². The molecule has 124 valence electrons. The van der Waals surface area contributed by atoms with E-state index in [-0.39, 0.29) is 23.4 Å². The quantitative estimate of drug-likeness (QED) is 0.866. The maximum absolute atomic E-state index is 13.0. The van der Waals surface area contributed by atoms with Gasteiger partial charge >= 0.3 is 0 Å². The third-order valence-corrected chi connectivity index (χ3v) is 5.13. The summed E-state index contributed by atoms with van der Waals surface area (Å²) in [4.78, 5) is 31.4. The minimum atomic E-state index is -0.330. The molecule has 23 heavy (non-hydrogen) atoms. The van der Waals surface area contributed by atoms with Crippen molar-refractivity contribution in [3.8, 4) is 0 Å². The molecule has 5 heteroatoms. The number of nitrogens with one attached hydrogen (secondary N) is 1. The van der Waals surface area contributed by atoms with Crippen LogP contribution in [-0.4, -0.2) is 39.8 Å². The van der Waals surface area contributed by atoms with Crippen molar-refractivity contribution in [2.75, 3.05) is 6.54 Å². The summed E-state index contributed by atoms with van der Waals surface area (Å²) >= 11 is 0. The van der Waals surface area contributed by atoms with E-state index in [1.54, 1.807) is 6.07 Å². The zero-order valence-electron chi connectivity index (χ0n) is 14.0. The molecule has 1 aromatic heterocycles. The van der Waals surface area contributed by atoms with E-state index in [4.69, 9.17) is 0 Å². The Kier molecular flexibility index (Phi) is 4.37. The van der Waals surface area contributed by atoms with Crippen molar-refractivity contribution in [1.82, 2.24) is 15.2 Å². The smallest absolute Gasteiger partial charge is 0.272 e. The fourth-order valence-corrected chi connectivity index (χ4v) is 3.95. The molecule has 0 unspecified atom stereocenters. The Morgan fingerprint density at radius 1 is 1.35 bits per heavy atom. The maximum Gasteiger partial charge on any atom is 0.272 e. The molecule has 0 saturated carbocycles. The van der Waals surface area contributed by atoms with E-state index in [9.17, 15) is 9.59 Å². The van der Waals surface area contributed by atoms with Crippen molar-refractivity contribution in [1.29, 1.82) is 0 Å². The van der Waals surface area contributed by atoms with Crippen molar-refractivity contribution in [2.24, 2.45) is 0 Å². The fourth-order valence-electron chi connectivity index (χ4n) is 3.95. The average molecular weight is 315 g/mol. The molecular weight excluding hydrogens is 290 g/mol. The minimum Gasteiger partial charge on any atom is -0.349 e. The van der Waals surface area contributed by atoms with Gasteiger partial charge in [-0.1, -0.05) is 6.07 Å². The van der Waals surface area contributed by atoms with Crippen LogP contribution in [0.3, 0.4) is 0 Å². The first kappa shape index (κ1) is 16.0. The van der Waals surface area contributed by atoms with E-state index in [1.165, 1.54) is 0 Å². The molecule has 2 atom stereocenters. The zero-order chi connectivity index (χ0) is 16.4. The monoisotopic (exact) mass is 315 g/mol. The molecule has 2 fully saturated rings. The van der Waals surface area contributed by atoms with Gasteiger partial charge in [0, 0.05) is 18.7 Å². The van der Waals surface area contributed by atoms with Gasteiger partial charge in [0.15, 0.2) is 0 Å². The molecule has 2 saturated heterocycles. The van der Waals surface area contributed by atoms with Gasteiger partial charge in [0.1, 0.15) is 5.69 Å². The summed E-state index contributed by atoms with van der Waals surface area (Å²) in [5, 5.41) is 3.19. The van der Waals surface area contributed by atoms with Crippen LogP contribution in [-0.2, 0) is 4.79 Å². The van der Waals surface area contributed by atoms with Crippen molar-refractivity contribution in [3.05, 3.63) is 29.6 Å². The number of hydrogen-bond donors (Lipinski definition) is 1. The number of nitrogens with zero attached hydrogens (tertiary/aromatic N) is 2. The molecule has 2 aliphatic rings. The topological polar surface area (TPSA) is 62.3 Å². The molecule has 0 spiro atoms. The highest BCUT2D eigenvalue weighted by molar-refractivity contribution is 5.92. The summed E-state index contributed by atoms with van der Waals surface area (Å²) < 4.78 is 0. The Balaban J connectivity index is 1.93. The van der Waals surface area contributed by atoms with Crippen LogP contribution in [0.1, 0.15) is 61.6 Å². The SMILES string of the molecule is Cc1cccc(C(=O)N2CCCC[C@]3(C)NC(=O)CCC[C@H]23)n1. The average Bonchev–Trinajstić information content (AvgIpc) is 2.75. The highest BCUT2D eigenvalue weighted by atomic mass is 16.2. The van der Waals surface area contributed by atoms with Gasteiger partial charge in [-0.05, 0) is 58.1 Å². The van der Waals surface area contributed by atoms with Crippen LogP contribution in [0.25, 0.3) is 0 Å². The predicted molar refractivity (Wildman–Crippen MR) is 88.0 cm³/mol. The van der Waals surface area contributed by atoms with E-state index >= 15 is 0 Å². The summed E-state index contributed by atoms with van der Waals surface area (Å²) in [5.41, 5.74) is 1.02. The number of rotatable bonds is 1. The number of pyridine rings is 1. The second-order valence-corrected chi connectivity index (χ2v) is 6.99. The van der Waals surface area contributed by atoms with Gasteiger partial charge in [-0.2, -0.15) is 0 Å². The van der Waals surface area contributed by atoms with E-state index in [0.717, 1.165) is 44.3 Å². The fraction of sp³-hybridized carbons (Fsp3) is 0.611. The van der Waals surface area contributed by atoms with Crippen molar-refractivity contribution < 1.29 is 9.59 Å². The number of likely N-dealkylation sites (tertiary alicyclic amines) is 1. The third kappa shape index (κ3) is 3.23. The van der Waals surface area contributed by atoms with Crippen LogP contribution in [0.5, 0.6) is 0 Å². The number of aromatic nitrogens is 1. The molecule has 1 N–H and O–H groups in total. The maximum atomic E-state index is 13.0. The number of carbonyl (C=O) groups excluding carboxylic acids is 2. The summed E-state index contributed by atoms with van der Waals surface area (Å²) in [6, 6.07) is 5.61. The van der Waals surface area contributed by atoms with Crippen LogP contribution < -0.4 is 5.32 Å². The van der Waals surface area contributed by atoms with E-state index in [1.807, 2.05) is 24.0 Å². The van der Waals surface area contributed by atoms with Crippen LogP contribution in [0.15, 0.2) is 18.2 Å². The molecule has 0 radical (unpaired) electrons. The highest BCUT2D eigenvalue weighted by Gasteiger charge is 2.43. The highest BCUT2D eigenvalue weighted by Crippen LogP contribution is 2.33. The molecule has 2 amide bonds. The molecule has 1 aromatic rings.